The van der Waals surface area contributed by atoms with Gasteiger partial charge in [-0.05, 0) is 14.0 Å². The van der Waals surface area contributed by atoms with Crippen molar-refractivity contribution in [3.63, 3.8) is 0 Å². The summed E-state index contributed by atoms with van der Waals surface area (Å²) in [7, 11) is -1.11. The highest BCUT2D eigenvalue weighted by molar-refractivity contribution is 7.55. The molecule has 0 aromatic rings. The minimum atomic E-state index is -2.70. The van der Waals surface area contributed by atoms with Crippen LogP contribution in [0.4, 0.5) is 0 Å². The zero-order valence-corrected chi connectivity index (χ0v) is 10.5. The first-order valence-corrected chi connectivity index (χ1v) is 7.19. The molecule has 5 nitrogen and oxygen atoms in total. The van der Waals surface area contributed by atoms with E-state index in [1.54, 1.807) is 7.05 Å². The van der Waals surface area contributed by atoms with Gasteiger partial charge in [0, 0.05) is 12.6 Å². The second-order valence-electron chi connectivity index (χ2n) is 4.09. The van der Waals surface area contributed by atoms with Crippen LogP contribution in [0.5, 0.6) is 0 Å². The number of aliphatic hydroxyl groups is 1. The summed E-state index contributed by atoms with van der Waals surface area (Å²) in [5.41, 5.74) is 0. The van der Waals surface area contributed by atoms with Crippen LogP contribution in [-0.4, -0.2) is 43.7 Å². The van der Waals surface area contributed by atoms with Gasteiger partial charge >= 0.3 is 0 Å². The number of nitrogens with one attached hydrogen (secondary N) is 1. The Bertz CT molecular complexity index is 260. The second kappa shape index (κ2) is 4.93. The van der Waals surface area contributed by atoms with E-state index >= 15 is 0 Å². The van der Waals surface area contributed by atoms with E-state index in [1.807, 2.05) is 13.8 Å². The van der Waals surface area contributed by atoms with E-state index < -0.39 is 13.6 Å². The van der Waals surface area contributed by atoms with E-state index in [0.717, 1.165) is 0 Å². The van der Waals surface area contributed by atoms with Crippen LogP contribution in [0.25, 0.3) is 0 Å². The molecule has 0 spiro atoms. The SMILES string of the molecule is CNP(C)(=O)OC[C@H]1O[C@@H](C)[C@@H](O)[C@@H]1C. The zero-order chi connectivity index (χ0) is 11.6. The zero-order valence-electron chi connectivity index (χ0n) is 9.64. The number of hydrogen-bond donors (Lipinski definition) is 2. The molecule has 0 aromatic carbocycles. The van der Waals surface area contributed by atoms with Gasteiger partial charge in [-0.15, -0.1) is 0 Å². The van der Waals surface area contributed by atoms with Gasteiger partial charge < -0.3 is 14.4 Å². The molecule has 1 aliphatic heterocycles. The average molecular weight is 237 g/mol. The summed E-state index contributed by atoms with van der Waals surface area (Å²) < 4.78 is 22.3. The van der Waals surface area contributed by atoms with Crippen LogP contribution >= 0.6 is 7.52 Å². The fourth-order valence-electron chi connectivity index (χ4n) is 1.60. The summed E-state index contributed by atoms with van der Waals surface area (Å²) in [6.45, 7) is 5.50. The molecule has 1 fully saturated rings. The molecule has 1 saturated heterocycles. The lowest BCUT2D eigenvalue weighted by atomic mass is 10.00. The molecule has 0 bridgehead atoms. The minimum Gasteiger partial charge on any atom is -0.390 e. The molecule has 0 aromatic heterocycles. The monoisotopic (exact) mass is 237 g/mol. The van der Waals surface area contributed by atoms with Crippen molar-refractivity contribution in [3.8, 4) is 0 Å². The molecule has 1 unspecified atom stereocenters. The van der Waals surface area contributed by atoms with Crippen LogP contribution in [0.2, 0.25) is 0 Å². The topological polar surface area (TPSA) is 67.8 Å². The molecule has 0 amide bonds. The maximum atomic E-state index is 11.6. The number of aliphatic hydroxyl groups excluding tert-OH is 1. The number of rotatable bonds is 4. The molecular weight excluding hydrogens is 217 g/mol. The Labute approximate surface area is 90.7 Å². The van der Waals surface area contributed by atoms with Crippen molar-refractivity contribution >= 4 is 7.52 Å². The second-order valence-corrected chi connectivity index (χ2v) is 6.49. The number of hydrogen-bond acceptors (Lipinski definition) is 4. The van der Waals surface area contributed by atoms with Gasteiger partial charge in [0.25, 0.3) is 7.52 Å². The minimum absolute atomic E-state index is 0.0110. The molecule has 0 aliphatic carbocycles. The van der Waals surface area contributed by atoms with Crippen molar-refractivity contribution in [1.29, 1.82) is 0 Å². The van der Waals surface area contributed by atoms with Crippen LogP contribution in [0.3, 0.4) is 0 Å². The van der Waals surface area contributed by atoms with E-state index in [-0.39, 0.29) is 24.7 Å². The lowest BCUT2D eigenvalue weighted by molar-refractivity contribution is 0.00356. The Kier molecular flexibility index (Phi) is 4.32. The summed E-state index contributed by atoms with van der Waals surface area (Å²) >= 11 is 0. The smallest absolute Gasteiger partial charge is 0.266 e. The van der Waals surface area contributed by atoms with Crippen molar-refractivity contribution in [2.75, 3.05) is 20.3 Å². The third-order valence-corrected chi connectivity index (χ3v) is 4.34. The fraction of sp³-hybridized carbons (Fsp3) is 1.00. The molecule has 1 rings (SSSR count). The Hall–Kier alpha value is 0.0700. The Morgan fingerprint density at radius 2 is 2.13 bits per heavy atom. The molecule has 15 heavy (non-hydrogen) atoms. The summed E-state index contributed by atoms with van der Waals surface area (Å²) in [5.74, 6) is 0.0110. The third-order valence-electron chi connectivity index (χ3n) is 2.89. The standard InChI is InChI=1S/C9H20NO4P/c1-6-8(14-7(2)9(6)11)5-13-15(4,12)10-3/h6-9,11H,5H2,1-4H3,(H,10,12)/t6-,7+,8-,9+,15?/m1/s1. The van der Waals surface area contributed by atoms with Crippen LogP contribution in [0.15, 0.2) is 0 Å². The molecule has 1 aliphatic rings. The predicted molar refractivity (Wildman–Crippen MR) is 58.0 cm³/mol. The van der Waals surface area contributed by atoms with Crippen molar-refractivity contribution in [2.24, 2.45) is 5.92 Å². The largest absolute Gasteiger partial charge is 0.390 e. The van der Waals surface area contributed by atoms with Gasteiger partial charge in [0.05, 0.1) is 24.9 Å². The lowest BCUT2D eigenvalue weighted by Gasteiger charge is -2.18. The first-order chi connectivity index (χ1) is 6.87. The van der Waals surface area contributed by atoms with Gasteiger partial charge in [-0.25, -0.2) is 5.09 Å². The quantitative estimate of drug-likeness (QED) is 0.709. The first kappa shape index (κ1) is 13.1. The molecule has 5 atom stereocenters. The Balaban J connectivity index is 2.44. The van der Waals surface area contributed by atoms with E-state index in [4.69, 9.17) is 9.26 Å². The van der Waals surface area contributed by atoms with Crippen molar-refractivity contribution < 1.29 is 18.9 Å². The average Bonchev–Trinajstić information content (AvgIpc) is 2.43. The summed E-state index contributed by atoms with van der Waals surface area (Å²) in [4.78, 5) is 0. The van der Waals surface area contributed by atoms with Gasteiger partial charge in [0.2, 0.25) is 0 Å². The molecule has 2 N–H and O–H groups in total. The fourth-order valence-corrected chi connectivity index (χ4v) is 2.16. The van der Waals surface area contributed by atoms with Gasteiger partial charge in [-0.3, -0.25) is 4.57 Å². The normalized spacial score (nSPS) is 40.3. The molecular formula is C9H20NO4P. The van der Waals surface area contributed by atoms with Gasteiger partial charge in [-0.1, -0.05) is 6.92 Å². The van der Waals surface area contributed by atoms with E-state index in [0.29, 0.717) is 0 Å². The van der Waals surface area contributed by atoms with Crippen molar-refractivity contribution in [1.82, 2.24) is 5.09 Å². The summed E-state index contributed by atoms with van der Waals surface area (Å²) in [6.07, 6.45) is -0.833. The first-order valence-electron chi connectivity index (χ1n) is 5.12. The van der Waals surface area contributed by atoms with Crippen LogP contribution < -0.4 is 5.09 Å². The van der Waals surface area contributed by atoms with Gasteiger partial charge in [-0.2, -0.15) is 0 Å². The molecule has 0 radical (unpaired) electrons. The van der Waals surface area contributed by atoms with Crippen molar-refractivity contribution in [3.05, 3.63) is 0 Å². The van der Waals surface area contributed by atoms with Crippen LogP contribution in [0, 0.1) is 5.92 Å². The lowest BCUT2D eigenvalue weighted by Crippen LogP contribution is -2.26. The Morgan fingerprint density at radius 3 is 2.53 bits per heavy atom. The highest BCUT2D eigenvalue weighted by Crippen LogP contribution is 2.38. The molecule has 1 heterocycles. The predicted octanol–water partition coefficient (Wildman–Crippen LogP) is 0.830. The maximum Gasteiger partial charge on any atom is 0.266 e. The molecule has 0 saturated carbocycles. The third kappa shape index (κ3) is 3.26. The Morgan fingerprint density at radius 1 is 1.53 bits per heavy atom. The van der Waals surface area contributed by atoms with Crippen molar-refractivity contribution in [2.45, 2.75) is 32.2 Å². The van der Waals surface area contributed by atoms with E-state index in [2.05, 4.69) is 5.09 Å². The highest BCUT2D eigenvalue weighted by Gasteiger charge is 2.38. The van der Waals surface area contributed by atoms with Crippen LogP contribution in [0.1, 0.15) is 13.8 Å². The summed E-state index contributed by atoms with van der Waals surface area (Å²) in [6, 6.07) is 0. The molecule has 90 valence electrons. The maximum absolute atomic E-state index is 11.6. The van der Waals surface area contributed by atoms with Gasteiger partial charge in [0.15, 0.2) is 0 Å². The highest BCUT2D eigenvalue weighted by atomic mass is 31.2. The van der Waals surface area contributed by atoms with Gasteiger partial charge in [0.1, 0.15) is 0 Å². The van der Waals surface area contributed by atoms with E-state index in [9.17, 15) is 9.67 Å². The van der Waals surface area contributed by atoms with Crippen LogP contribution in [-0.2, 0) is 13.8 Å². The number of ether oxygens (including phenoxy) is 1. The summed E-state index contributed by atoms with van der Waals surface area (Å²) in [5, 5.41) is 12.3. The van der Waals surface area contributed by atoms with E-state index in [1.165, 1.54) is 6.66 Å². The molecule has 6 heteroatoms.